The first kappa shape index (κ1) is 71.9. The second-order valence-corrected chi connectivity index (χ2v) is 29.5. The van der Waals surface area contributed by atoms with Crippen molar-refractivity contribution in [2.45, 2.75) is 273 Å². The van der Waals surface area contributed by atoms with Crippen LogP contribution in [0.3, 0.4) is 0 Å². The second kappa shape index (κ2) is 26.8. The van der Waals surface area contributed by atoms with Crippen molar-refractivity contribution in [2.75, 3.05) is 33.0 Å². The summed E-state index contributed by atoms with van der Waals surface area (Å²) in [6.45, 7) is 14.0. The molecule has 5 aliphatic heterocycles. The number of fused-ring (bicyclic) bond motifs is 7. The number of hydrogen-bond acceptors (Lipinski definition) is 29. The number of esters is 2. The van der Waals surface area contributed by atoms with E-state index in [2.05, 4.69) is 33.8 Å². The van der Waals surface area contributed by atoms with Gasteiger partial charge in [-0.15, -0.1) is 0 Å². The van der Waals surface area contributed by atoms with E-state index in [9.17, 15) is 91.0 Å². The normalized spacial score (nSPS) is 52.6. The van der Waals surface area contributed by atoms with Crippen molar-refractivity contribution in [3.63, 3.8) is 0 Å². The molecule has 10 rings (SSSR count). The molecule has 526 valence electrons. The molecule has 34 unspecified atom stereocenters. The molecule has 5 aliphatic carbocycles. The summed E-state index contributed by atoms with van der Waals surface area (Å²) in [5.41, 5.74) is -2.64. The van der Waals surface area contributed by atoms with Crippen LogP contribution in [0.1, 0.15) is 114 Å². The molecule has 0 aromatic carbocycles. The van der Waals surface area contributed by atoms with Crippen LogP contribution in [0.2, 0.25) is 0 Å². The molecule has 0 bridgehead atoms. The lowest BCUT2D eigenvalue weighted by Crippen LogP contribution is -2.69. The van der Waals surface area contributed by atoms with Gasteiger partial charge in [0.15, 0.2) is 49.8 Å². The molecule has 92 heavy (non-hydrogen) atoms. The Morgan fingerprint density at radius 2 is 1.09 bits per heavy atom. The number of carboxylic acids is 1. The Labute approximate surface area is 532 Å². The van der Waals surface area contributed by atoms with E-state index >= 15 is 0 Å². The molecule has 0 amide bonds. The molecule has 4 saturated carbocycles. The first-order chi connectivity index (χ1) is 43.1. The monoisotopic (exact) mass is 1320 g/mol. The van der Waals surface area contributed by atoms with Crippen molar-refractivity contribution >= 4 is 17.9 Å². The number of carbonyl (C=O) groups is 3. The van der Waals surface area contributed by atoms with E-state index in [4.69, 9.17) is 56.8 Å². The van der Waals surface area contributed by atoms with Gasteiger partial charge in [0.05, 0.1) is 51.3 Å². The van der Waals surface area contributed by atoms with Gasteiger partial charge >= 0.3 is 17.9 Å². The third kappa shape index (κ3) is 12.2. The lowest BCUT2D eigenvalue weighted by atomic mass is 9.33. The molecule has 10 aliphatic rings. The van der Waals surface area contributed by atoms with Crippen molar-refractivity contribution in [2.24, 2.45) is 50.2 Å². The number of aliphatic carboxylic acids is 1. The standard InChI is InChI=1S/C62H98O30/c1-24(66)83-44-29(69)22-82-54(48(44)84-25(2)67)88-43-28(68)21-81-52(42(43)77)92-50-49(78)57(3,4)18-27-26-10-11-33-59(6)14-13-34(60(7,23-65)32(59)12-15-62(33,9)61(26,8)17-16-58(27,50)5)87-56-47(40(75)39(74)45(89-56)51(79)80)91-55-46(38(73)36(71)31(20-64)86-55)90-53-41(76)37(72)35(70)30(19-63)85-53/h10,27-50,52-56,63-65,68-78H,11-23H2,1-9H3,(H,79,80). The molecule has 5 saturated heterocycles. The third-order valence-electron chi connectivity index (χ3n) is 23.8. The maximum atomic E-state index is 12.7. The topological polar surface area (TPSA) is 465 Å². The molecule has 30 nitrogen and oxygen atoms in total. The summed E-state index contributed by atoms with van der Waals surface area (Å²) >= 11 is 0. The predicted octanol–water partition coefficient (Wildman–Crippen LogP) is -3.28. The predicted molar refractivity (Wildman–Crippen MR) is 306 cm³/mol. The zero-order valence-corrected chi connectivity index (χ0v) is 53.3. The minimum absolute atomic E-state index is 0.0175. The van der Waals surface area contributed by atoms with Crippen molar-refractivity contribution in [3.8, 4) is 0 Å². The SMILES string of the molecule is CC(=O)OC1C(O)COC(OC2C(O)COC(OC3C(O)C(C)(C)CC4C5=CCC6C7(C)CCC(OC8OC(C(=O)O)C(O)C(O)C8OC8OC(CO)C(O)C(O)C8OC8OC(CO)C(O)C(O)C8O)C(C)(CO)C7CCC6(C)C5(C)CCC43C)C2O)C1OC(C)=O. The van der Waals surface area contributed by atoms with Gasteiger partial charge in [-0.3, -0.25) is 9.59 Å². The number of aliphatic hydroxyl groups is 14. The van der Waals surface area contributed by atoms with Gasteiger partial charge in [-0.2, -0.15) is 0 Å². The van der Waals surface area contributed by atoms with Crippen LogP contribution < -0.4 is 0 Å². The maximum Gasteiger partial charge on any atom is 0.335 e. The zero-order chi connectivity index (χ0) is 67.4. The molecule has 9 fully saturated rings. The van der Waals surface area contributed by atoms with E-state index in [-0.39, 0.29) is 36.2 Å². The fourth-order valence-electron chi connectivity index (χ4n) is 18.3. The van der Waals surface area contributed by atoms with E-state index in [1.807, 2.05) is 20.8 Å². The van der Waals surface area contributed by atoms with Crippen LogP contribution in [0.15, 0.2) is 11.6 Å². The van der Waals surface area contributed by atoms with Gasteiger partial charge in [0, 0.05) is 24.7 Å². The van der Waals surface area contributed by atoms with Crippen LogP contribution in [-0.4, -0.2) is 287 Å². The number of ether oxygens (including phenoxy) is 12. The van der Waals surface area contributed by atoms with E-state index in [1.54, 1.807) is 0 Å². The van der Waals surface area contributed by atoms with E-state index < -0.39 is 231 Å². The lowest BCUT2D eigenvalue weighted by molar-refractivity contribution is -0.397. The number of rotatable bonds is 16. The van der Waals surface area contributed by atoms with Gasteiger partial charge in [0.2, 0.25) is 0 Å². The molecule has 0 aromatic rings. The highest BCUT2D eigenvalue weighted by Crippen LogP contribution is 2.76. The number of carboxylic acid groups (broad SMARTS) is 1. The van der Waals surface area contributed by atoms with Crippen LogP contribution in [-0.2, 0) is 71.2 Å². The van der Waals surface area contributed by atoms with E-state index in [0.29, 0.717) is 44.9 Å². The first-order valence-corrected chi connectivity index (χ1v) is 32.1. The Bertz CT molecular complexity index is 2650. The van der Waals surface area contributed by atoms with Crippen molar-refractivity contribution in [1.82, 2.24) is 0 Å². The molecule has 15 N–H and O–H groups in total. The maximum absolute atomic E-state index is 12.7. The van der Waals surface area contributed by atoms with Crippen LogP contribution in [0.5, 0.6) is 0 Å². The molecule has 34 atom stereocenters. The highest BCUT2D eigenvalue weighted by Gasteiger charge is 2.71. The summed E-state index contributed by atoms with van der Waals surface area (Å²) in [7, 11) is 0. The Morgan fingerprint density at radius 3 is 1.70 bits per heavy atom. The number of hydrogen-bond donors (Lipinski definition) is 15. The molecule has 0 radical (unpaired) electrons. The quantitative estimate of drug-likeness (QED) is 0.0409. The highest BCUT2D eigenvalue weighted by atomic mass is 16.8. The largest absolute Gasteiger partial charge is 0.479 e. The zero-order valence-electron chi connectivity index (χ0n) is 53.3. The van der Waals surface area contributed by atoms with E-state index in [1.165, 1.54) is 5.57 Å². The van der Waals surface area contributed by atoms with Gasteiger partial charge in [-0.05, 0) is 90.8 Å². The highest BCUT2D eigenvalue weighted by molar-refractivity contribution is 5.73. The van der Waals surface area contributed by atoms with Crippen LogP contribution >= 0.6 is 0 Å². The summed E-state index contributed by atoms with van der Waals surface area (Å²) in [4.78, 5) is 37.0. The van der Waals surface area contributed by atoms with Gasteiger partial charge in [0.25, 0.3) is 0 Å². The average molecular weight is 1320 g/mol. The Morgan fingerprint density at radius 1 is 0.533 bits per heavy atom. The summed E-state index contributed by atoms with van der Waals surface area (Å²) in [6, 6.07) is 0. The Balaban J connectivity index is 0.889. The van der Waals surface area contributed by atoms with E-state index in [0.717, 1.165) is 13.8 Å². The number of carbonyl (C=O) groups excluding carboxylic acids is 2. The smallest absolute Gasteiger partial charge is 0.335 e. The van der Waals surface area contributed by atoms with Crippen molar-refractivity contribution in [3.05, 3.63) is 11.6 Å². The fraction of sp³-hybridized carbons (Fsp3) is 0.919. The summed E-state index contributed by atoms with van der Waals surface area (Å²) in [5.74, 6) is -3.66. The molecule has 0 spiro atoms. The van der Waals surface area contributed by atoms with Gasteiger partial charge in [-0.25, -0.2) is 4.79 Å². The Hall–Kier alpha value is -2.81. The lowest BCUT2D eigenvalue weighted by Gasteiger charge is -2.72. The fourth-order valence-corrected chi connectivity index (χ4v) is 18.3. The molecule has 30 heteroatoms. The number of allylic oxidation sites excluding steroid dienone is 2. The molecule has 0 aromatic heterocycles. The summed E-state index contributed by atoms with van der Waals surface area (Å²) in [6.07, 6.45) is -36.9. The Kier molecular flexibility index (Phi) is 21.0. The molecular weight excluding hydrogens is 1220 g/mol. The molecule has 5 heterocycles. The van der Waals surface area contributed by atoms with Crippen molar-refractivity contribution < 1.29 is 148 Å². The van der Waals surface area contributed by atoms with Gasteiger partial charge < -0.3 is 133 Å². The van der Waals surface area contributed by atoms with Crippen LogP contribution in [0.4, 0.5) is 0 Å². The average Bonchev–Trinajstić information content (AvgIpc) is 0.675. The minimum atomic E-state index is -2.17. The van der Waals surface area contributed by atoms with Gasteiger partial charge in [0.1, 0.15) is 91.6 Å². The minimum Gasteiger partial charge on any atom is -0.479 e. The first-order valence-electron chi connectivity index (χ1n) is 32.1. The summed E-state index contributed by atoms with van der Waals surface area (Å²) in [5, 5.41) is 166. The summed E-state index contributed by atoms with van der Waals surface area (Å²) < 4.78 is 71.6. The van der Waals surface area contributed by atoms with Crippen molar-refractivity contribution in [1.29, 1.82) is 0 Å². The third-order valence-corrected chi connectivity index (χ3v) is 23.8. The van der Waals surface area contributed by atoms with Gasteiger partial charge in [-0.1, -0.05) is 60.1 Å². The molecular formula is C62H98O30. The second-order valence-electron chi connectivity index (χ2n) is 29.5. The van der Waals surface area contributed by atoms with Crippen LogP contribution in [0.25, 0.3) is 0 Å². The number of aliphatic hydroxyl groups excluding tert-OH is 14. The van der Waals surface area contributed by atoms with Crippen LogP contribution in [0, 0.1) is 50.2 Å².